The second-order valence-electron chi connectivity index (χ2n) is 4.64. The van der Waals surface area contributed by atoms with Gasteiger partial charge in [0.2, 0.25) is 10.0 Å². The maximum Gasteiger partial charge on any atom is 0.244 e. The number of aryl methyl sites for hydroxylation is 1. The average molecular weight is 329 g/mol. The molecule has 0 fully saturated rings. The molecule has 0 aliphatic carbocycles. The van der Waals surface area contributed by atoms with E-state index in [1.165, 1.54) is 30.5 Å². The van der Waals surface area contributed by atoms with E-state index in [2.05, 4.69) is 0 Å². The van der Waals surface area contributed by atoms with Crippen molar-refractivity contribution in [3.63, 3.8) is 0 Å². The van der Waals surface area contributed by atoms with E-state index in [1.807, 2.05) is 0 Å². The molecule has 0 saturated carbocycles. The standard InChI is InChI=1S/C14H16FNO3S2/c1-10-14(7-12(9-17)20-10)21(18,19)16(2)8-11-5-3-4-6-13(11)15/h3-7,17H,8-9H2,1-2H3. The Morgan fingerprint density at radius 2 is 2.00 bits per heavy atom. The van der Waals surface area contributed by atoms with Gasteiger partial charge in [0, 0.05) is 28.9 Å². The summed E-state index contributed by atoms with van der Waals surface area (Å²) in [6.07, 6.45) is 0. The van der Waals surface area contributed by atoms with Gasteiger partial charge in [-0.1, -0.05) is 18.2 Å². The largest absolute Gasteiger partial charge is 0.391 e. The highest BCUT2D eigenvalue weighted by Crippen LogP contribution is 2.28. The highest BCUT2D eigenvalue weighted by Gasteiger charge is 2.25. The van der Waals surface area contributed by atoms with Crippen molar-refractivity contribution in [2.75, 3.05) is 7.05 Å². The molecule has 0 aliphatic rings. The molecule has 0 aliphatic heterocycles. The molecule has 1 heterocycles. The Morgan fingerprint density at radius 1 is 1.33 bits per heavy atom. The number of rotatable bonds is 5. The molecule has 0 atom stereocenters. The van der Waals surface area contributed by atoms with Crippen molar-refractivity contribution < 1.29 is 17.9 Å². The van der Waals surface area contributed by atoms with E-state index in [0.717, 1.165) is 4.31 Å². The van der Waals surface area contributed by atoms with E-state index in [4.69, 9.17) is 5.11 Å². The maximum absolute atomic E-state index is 13.6. The average Bonchev–Trinajstić information content (AvgIpc) is 2.83. The molecule has 114 valence electrons. The Hall–Kier alpha value is -1.28. The van der Waals surface area contributed by atoms with Crippen molar-refractivity contribution in [3.05, 3.63) is 51.5 Å². The van der Waals surface area contributed by atoms with Crippen molar-refractivity contribution in [2.24, 2.45) is 0 Å². The fourth-order valence-corrected chi connectivity index (χ4v) is 4.59. The van der Waals surface area contributed by atoms with Crippen molar-refractivity contribution in [1.82, 2.24) is 4.31 Å². The van der Waals surface area contributed by atoms with Crippen LogP contribution in [0.15, 0.2) is 35.2 Å². The highest BCUT2D eigenvalue weighted by atomic mass is 32.2. The number of thiophene rings is 1. The third-order valence-corrected chi connectivity index (χ3v) is 6.21. The molecule has 2 rings (SSSR count). The summed E-state index contributed by atoms with van der Waals surface area (Å²) >= 11 is 1.24. The van der Waals surface area contributed by atoms with Crippen LogP contribution in [0.3, 0.4) is 0 Å². The zero-order valence-corrected chi connectivity index (χ0v) is 13.3. The van der Waals surface area contributed by atoms with Crippen LogP contribution in [-0.4, -0.2) is 24.9 Å². The molecule has 7 heteroatoms. The van der Waals surface area contributed by atoms with Crippen LogP contribution < -0.4 is 0 Å². The highest BCUT2D eigenvalue weighted by molar-refractivity contribution is 7.89. The fraction of sp³-hybridized carbons (Fsp3) is 0.286. The van der Waals surface area contributed by atoms with Gasteiger partial charge in [-0.05, 0) is 19.1 Å². The number of sulfonamides is 1. The van der Waals surface area contributed by atoms with Crippen molar-refractivity contribution in [1.29, 1.82) is 0 Å². The van der Waals surface area contributed by atoms with Gasteiger partial charge in [-0.15, -0.1) is 11.3 Å². The lowest BCUT2D eigenvalue weighted by Crippen LogP contribution is -2.27. The minimum atomic E-state index is -3.71. The van der Waals surface area contributed by atoms with E-state index in [0.29, 0.717) is 15.3 Å². The maximum atomic E-state index is 13.6. The van der Waals surface area contributed by atoms with Crippen molar-refractivity contribution in [2.45, 2.75) is 25.0 Å². The number of hydrogen-bond donors (Lipinski definition) is 1. The van der Waals surface area contributed by atoms with E-state index >= 15 is 0 Å². The Morgan fingerprint density at radius 3 is 2.57 bits per heavy atom. The van der Waals surface area contributed by atoms with Crippen LogP contribution in [-0.2, 0) is 23.2 Å². The van der Waals surface area contributed by atoms with Crippen LogP contribution in [0.25, 0.3) is 0 Å². The summed E-state index contributed by atoms with van der Waals surface area (Å²) in [4.78, 5) is 1.36. The normalized spacial score (nSPS) is 12.0. The van der Waals surface area contributed by atoms with Gasteiger partial charge >= 0.3 is 0 Å². The Labute approximate surface area is 127 Å². The van der Waals surface area contributed by atoms with Crippen LogP contribution in [0, 0.1) is 12.7 Å². The summed E-state index contributed by atoms with van der Waals surface area (Å²) in [6.45, 7) is 1.45. The van der Waals surface area contributed by atoms with Gasteiger partial charge in [0.15, 0.2) is 0 Å². The van der Waals surface area contributed by atoms with Gasteiger partial charge in [-0.25, -0.2) is 12.8 Å². The molecule has 2 aromatic rings. The topological polar surface area (TPSA) is 57.6 Å². The summed E-state index contributed by atoms with van der Waals surface area (Å²) in [5.41, 5.74) is 0.318. The molecule has 0 radical (unpaired) electrons. The molecule has 21 heavy (non-hydrogen) atoms. The zero-order chi connectivity index (χ0) is 15.6. The third kappa shape index (κ3) is 3.32. The smallest absolute Gasteiger partial charge is 0.244 e. The van der Waals surface area contributed by atoms with Crippen LogP contribution in [0.1, 0.15) is 15.3 Å². The second-order valence-corrected chi connectivity index (χ2v) is 8.00. The van der Waals surface area contributed by atoms with Gasteiger partial charge in [0.25, 0.3) is 0 Å². The minimum Gasteiger partial charge on any atom is -0.391 e. The number of nitrogens with zero attached hydrogens (tertiary/aromatic N) is 1. The van der Waals surface area contributed by atoms with Crippen LogP contribution in [0.5, 0.6) is 0 Å². The van der Waals surface area contributed by atoms with Gasteiger partial charge in [0.1, 0.15) is 5.82 Å². The quantitative estimate of drug-likeness (QED) is 0.917. The Balaban J connectivity index is 2.30. The lowest BCUT2D eigenvalue weighted by Gasteiger charge is -2.17. The van der Waals surface area contributed by atoms with Gasteiger partial charge in [0.05, 0.1) is 11.5 Å². The fourth-order valence-electron chi connectivity index (χ4n) is 1.98. The summed E-state index contributed by atoms with van der Waals surface area (Å²) in [6, 6.07) is 7.55. The summed E-state index contributed by atoms with van der Waals surface area (Å²) in [5.74, 6) is -0.433. The van der Waals surface area contributed by atoms with E-state index in [1.54, 1.807) is 25.1 Å². The molecule has 1 N–H and O–H groups in total. The molecule has 1 aromatic carbocycles. The molecule has 0 saturated heterocycles. The number of aliphatic hydroxyl groups is 1. The Bertz CT molecular complexity index is 740. The number of halogens is 1. The Kier molecular flexibility index (Phi) is 4.77. The molecule has 1 aromatic heterocycles. The molecule has 0 bridgehead atoms. The number of aliphatic hydroxyl groups excluding tert-OH is 1. The number of hydrogen-bond acceptors (Lipinski definition) is 4. The van der Waals surface area contributed by atoms with Crippen LogP contribution >= 0.6 is 11.3 Å². The summed E-state index contributed by atoms with van der Waals surface area (Å²) in [5, 5.41) is 9.10. The first-order chi connectivity index (χ1) is 9.86. The molecule has 0 unspecified atom stereocenters. The zero-order valence-electron chi connectivity index (χ0n) is 11.7. The molecule has 0 spiro atoms. The minimum absolute atomic E-state index is 0.0429. The molecular formula is C14H16FNO3S2. The van der Waals surface area contributed by atoms with E-state index < -0.39 is 15.8 Å². The van der Waals surface area contributed by atoms with Gasteiger partial charge in [-0.2, -0.15) is 4.31 Å². The van der Waals surface area contributed by atoms with Crippen molar-refractivity contribution >= 4 is 21.4 Å². The molecule has 0 amide bonds. The van der Waals surface area contributed by atoms with Gasteiger partial charge in [-0.3, -0.25) is 0 Å². The third-order valence-electron chi connectivity index (χ3n) is 3.12. The SMILES string of the molecule is Cc1sc(CO)cc1S(=O)(=O)N(C)Cc1ccccc1F. The van der Waals surface area contributed by atoms with Gasteiger partial charge < -0.3 is 5.11 Å². The predicted molar refractivity (Wildman–Crippen MR) is 80.0 cm³/mol. The monoisotopic (exact) mass is 329 g/mol. The van der Waals surface area contributed by atoms with Crippen LogP contribution in [0.4, 0.5) is 4.39 Å². The summed E-state index contributed by atoms with van der Waals surface area (Å²) in [7, 11) is -2.29. The van der Waals surface area contributed by atoms with Crippen LogP contribution in [0.2, 0.25) is 0 Å². The first-order valence-corrected chi connectivity index (χ1v) is 8.52. The number of benzene rings is 1. The molecular weight excluding hydrogens is 313 g/mol. The second kappa shape index (κ2) is 6.23. The summed E-state index contributed by atoms with van der Waals surface area (Å²) < 4.78 is 39.8. The first kappa shape index (κ1) is 16.1. The first-order valence-electron chi connectivity index (χ1n) is 6.26. The van der Waals surface area contributed by atoms with Crippen molar-refractivity contribution in [3.8, 4) is 0 Å². The molecule has 4 nitrogen and oxygen atoms in total. The predicted octanol–water partition coefficient (Wildman–Crippen LogP) is 2.51. The lowest BCUT2D eigenvalue weighted by molar-refractivity contribution is 0.285. The lowest BCUT2D eigenvalue weighted by atomic mass is 10.2. The van der Waals surface area contributed by atoms with E-state index in [9.17, 15) is 12.8 Å². The van der Waals surface area contributed by atoms with E-state index in [-0.39, 0.29) is 18.0 Å².